The van der Waals surface area contributed by atoms with Gasteiger partial charge in [0.25, 0.3) is 0 Å². The summed E-state index contributed by atoms with van der Waals surface area (Å²) in [5.74, 6) is 0.856. The number of aryl methyl sites for hydroxylation is 1. The van der Waals surface area contributed by atoms with Gasteiger partial charge in [-0.25, -0.2) is 13.4 Å². The molecule has 192 valence electrons. The first kappa shape index (κ1) is 23.2. The minimum atomic E-state index is -3.64. The molecule has 0 aliphatic carbocycles. The Kier molecular flexibility index (Phi) is 4.85. The standard InChI is InChI=1S/C35H24N2O2S/c1-2-34-36-30-12-7-13-33-35(30)37(34)31-21-24(18-19-32(31)40(33,38)39)22-14-16-23(17-15-22)29-20-25-8-3-4-9-26(25)27-10-5-6-11-28(27)29/h3-21H,2H2,1H3. The molecule has 0 bridgehead atoms. The molecule has 0 saturated heterocycles. The monoisotopic (exact) mass is 536 g/mol. The number of imidazole rings is 1. The number of aromatic nitrogens is 2. The van der Waals surface area contributed by atoms with Crippen molar-refractivity contribution in [1.82, 2.24) is 9.55 Å². The van der Waals surface area contributed by atoms with Crippen molar-refractivity contribution >= 4 is 42.4 Å². The second-order valence-corrected chi connectivity index (χ2v) is 12.2. The Bertz CT molecular complexity index is 2260. The van der Waals surface area contributed by atoms with E-state index in [1.807, 2.05) is 29.7 Å². The van der Waals surface area contributed by atoms with Crippen LogP contribution in [0.3, 0.4) is 0 Å². The van der Waals surface area contributed by atoms with Crippen molar-refractivity contribution in [3.63, 3.8) is 0 Å². The molecule has 6 aromatic carbocycles. The maximum Gasteiger partial charge on any atom is 0.210 e. The summed E-state index contributed by atoms with van der Waals surface area (Å²) < 4.78 is 29.2. The van der Waals surface area contributed by atoms with Crippen molar-refractivity contribution in [3.05, 3.63) is 121 Å². The largest absolute Gasteiger partial charge is 0.294 e. The van der Waals surface area contributed by atoms with Crippen LogP contribution >= 0.6 is 0 Å². The van der Waals surface area contributed by atoms with Crippen LogP contribution < -0.4 is 0 Å². The zero-order chi connectivity index (χ0) is 27.0. The van der Waals surface area contributed by atoms with E-state index in [0.29, 0.717) is 32.9 Å². The van der Waals surface area contributed by atoms with E-state index >= 15 is 0 Å². The van der Waals surface area contributed by atoms with Crippen molar-refractivity contribution in [3.8, 4) is 27.9 Å². The molecule has 0 N–H and O–H groups in total. The van der Waals surface area contributed by atoms with Crippen molar-refractivity contribution in [2.24, 2.45) is 0 Å². The number of rotatable bonds is 3. The van der Waals surface area contributed by atoms with Gasteiger partial charge in [-0.3, -0.25) is 4.57 Å². The van der Waals surface area contributed by atoms with Gasteiger partial charge in [-0.05, 0) is 74.1 Å². The van der Waals surface area contributed by atoms with Gasteiger partial charge in [-0.1, -0.05) is 91.9 Å². The number of fused-ring (bicyclic) bond motifs is 5. The second kappa shape index (κ2) is 8.38. The predicted molar refractivity (Wildman–Crippen MR) is 162 cm³/mol. The van der Waals surface area contributed by atoms with E-state index in [-0.39, 0.29) is 0 Å². The minimum Gasteiger partial charge on any atom is -0.294 e. The summed E-state index contributed by atoms with van der Waals surface area (Å²) in [5.41, 5.74) is 6.38. The first-order chi connectivity index (χ1) is 19.5. The SMILES string of the molecule is CCc1nc2cccc3c2n1-c1cc(-c2ccc(-c4cc5ccccc5c5ccccc45)cc2)ccc1S3(=O)=O. The first-order valence-corrected chi connectivity index (χ1v) is 14.9. The van der Waals surface area contributed by atoms with Crippen molar-refractivity contribution in [2.45, 2.75) is 23.1 Å². The lowest BCUT2D eigenvalue weighted by atomic mass is 9.92. The van der Waals surface area contributed by atoms with Crippen LogP contribution in [-0.2, 0) is 16.3 Å². The average Bonchev–Trinajstić information content (AvgIpc) is 3.39. The third-order valence-electron chi connectivity index (χ3n) is 8.10. The summed E-state index contributed by atoms with van der Waals surface area (Å²) in [4.78, 5) is 5.41. The average molecular weight is 537 g/mol. The van der Waals surface area contributed by atoms with Crippen LogP contribution in [0.5, 0.6) is 0 Å². The normalized spacial score (nSPS) is 13.6. The molecule has 0 amide bonds. The van der Waals surface area contributed by atoms with E-state index in [2.05, 4.69) is 78.9 Å². The van der Waals surface area contributed by atoms with Crippen LogP contribution in [-0.4, -0.2) is 18.0 Å². The van der Waals surface area contributed by atoms with Gasteiger partial charge in [-0.2, -0.15) is 0 Å². The molecule has 5 heteroatoms. The minimum absolute atomic E-state index is 0.322. The summed E-state index contributed by atoms with van der Waals surface area (Å²) in [6.07, 6.45) is 0.701. The lowest BCUT2D eigenvalue weighted by Gasteiger charge is -2.21. The number of hydrogen-bond donors (Lipinski definition) is 0. The summed E-state index contributed by atoms with van der Waals surface area (Å²) >= 11 is 0. The van der Waals surface area contributed by atoms with Crippen molar-refractivity contribution in [1.29, 1.82) is 0 Å². The molecule has 0 radical (unpaired) electrons. The number of nitrogens with zero attached hydrogens (tertiary/aromatic N) is 2. The molecule has 0 spiro atoms. The van der Waals surface area contributed by atoms with Crippen molar-refractivity contribution in [2.75, 3.05) is 0 Å². The molecule has 7 aromatic rings. The van der Waals surface area contributed by atoms with Gasteiger partial charge >= 0.3 is 0 Å². The molecular formula is C35H24N2O2S. The summed E-state index contributed by atoms with van der Waals surface area (Å²) in [6, 6.07) is 38.9. The molecule has 1 aliphatic rings. The highest BCUT2D eigenvalue weighted by atomic mass is 32.2. The van der Waals surface area contributed by atoms with E-state index < -0.39 is 9.84 Å². The maximum atomic E-state index is 13.6. The molecular weight excluding hydrogens is 512 g/mol. The van der Waals surface area contributed by atoms with Gasteiger partial charge in [0.2, 0.25) is 9.84 Å². The van der Waals surface area contributed by atoms with Gasteiger partial charge in [0.1, 0.15) is 5.82 Å². The fraction of sp³-hybridized carbons (Fsp3) is 0.0571. The van der Waals surface area contributed by atoms with Gasteiger partial charge < -0.3 is 0 Å². The summed E-state index contributed by atoms with van der Waals surface area (Å²) in [5, 5.41) is 4.94. The number of sulfone groups is 1. The van der Waals surface area contributed by atoms with Crippen LogP contribution in [0.2, 0.25) is 0 Å². The molecule has 4 nitrogen and oxygen atoms in total. The van der Waals surface area contributed by atoms with Crippen LogP contribution in [0, 0.1) is 0 Å². The predicted octanol–water partition coefficient (Wildman–Crippen LogP) is 8.37. The molecule has 0 fully saturated rings. The van der Waals surface area contributed by atoms with Crippen LogP contribution in [0.15, 0.2) is 125 Å². The van der Waals surface area contributed by atoms with Crippen molar-refractivity contribution < 1.29 is 8.42 Å². The highest BCUT2D eigenvalue weighted by Crippen LogP contribution is 2.41. The molecule has 0 atom stereocenters. The lowest BCUT2D eigenvalue weighted by molar-refractivity contribution is 0.594. The van der Waals surface area contributed by atoms with E-state index in [0.717, 1.165) is 22.5 Å². The van der Waals surface area contributed by atoms with Gasteiger partial charge in [0.15, 0.2) is 0 Å². The van der Waals surface area contributed by atoms with Crippen LogP contribution in [0.4, 0.5) is 0 Å². The first-order valence-electron chi connectivity index (χ1n) is 13.5. The highest BCUT2D eigenvalue weighted by Gasteiger charge is 2.33. The Morgan fingerprint density at radius 1 is 0.650 bits per heavy atom. The molecule has 8 rings (SSSR count). The maximum absolute atomic E-state index is 13.6. The Morgan fingerprint density at radius 2 is 1.35 bits per heavy atom. The third-order valence-corrected chi connectivity index (χ3v) is 9.93. The number of para-hydroxylation sites is 1. The fourth-order valence-corrected chi connectivity index (χ4v) is 7.83. The number of benzene rings is 6. The molecule has 0 saturated carbocycles. The Morgan fingerprint density at radius 3 is 2.15 bits per heavy atom. The molecule has 40 heavy (non-hydrogen) atoms. The Hall–Kier alpha value is -4.74. The van der Waals surface area contributed by atoms with Crippen LogP contribution in [0.1, 0.15) is 12.7 Å². The Balaban J connectivity index is 1.28. The zero-order valence-electron chi connectivity index (χ0n) is 21.8. The van der Waals surface area contributed by atoms with Crippen LogP contribution in [0.25, 0.3) is 60.5 Å². The quantitative estimate of drug-likeness (QED) is 0.213. The van der Waals surface area contributed by atoms with Gasteiger partial charge in [0.05, 0.1) is 26.5 Å². The lowest BCUT2D eigenvalue weighted by Crippen LogP contribution is -2.15. The Labute approximate surface area is 232 Å². The second-order valence-electron chi connectivity index (χ2n) is 10.3. The topological polar surface area (TPSA) is 52.0 Å². The number of hydrogen-bond acceptors (Lipinski definition) is 3. The fourth-order valence-electron chi connectivity index (χ4n) is 6.21. The summed E-state index contributed by atoms with van der Waals surface area (Å²) in [7, 11) is -3.64. The van der Waals surface area contributed by atoms with E-state index in [4.69, 9.17) is 4.98 Å². The zero-order valence-corrected chi connectivity index (χ0v) is 22.6. The van der Waals surface area contributed by atoms with Gasteiger partial charge in [0, 0.05) is 6.42 Å². The molecule has 1 aliphatic heterocycles. The molecule has 0 unspecified atom stereocenters. The van der Waals surface area contributed by atoms with E-state index in [9.17, 15) is 8.42 Å². The highest BCUT2D eigenvalue weighted by molar-refractivity contribution is 7.92. The molecule has 2 heterocycles. The third kappa shape index (κ3) is 3.18. The summed E-state index contributed by atoms with van der Waals surface area (Å²) in [6.45, 7) is 2.05. The van der Waals surface area contributed by atoms with E-state index in [1.54, 1.807) is 18.2 Å². The van der Waals surface area contributed by atoms with E-state index in [1.165, 1.54) is 27.1 Å². The van der Waals surface area contributed by atoms with Gasteiger partial charge in [-0.15, -0.1) is 0 Å². The smallest absolute Gasteiger partial charge is 0.210 e. The molecule has 1 aromatic heterocycles.